The van der Waals surface area contributed by atoms with E-state index in [1.807, 2.05) is 18.7 Å². The number of rotatable bonds is 7. The Morgan fingerprint density at radius 3 is 2.31 bits per heavy atom. The first-order valence-corrected chi connectivity index (χ1v) is 5.78. The Morgan fingerprint density at radius 2 is 1.88 bits per heavy atom. The van der Waals surface area contributed by atoms with Gasteiger partial charge in [-0.05, 0) is 34.1 Å². The van der Waals surface area contributed by atoms with Gasteiger partial charge in [-0.25, -0.2) is 0 Å². The summed E-state index contributed by atoms with van der Waals surface area (Å²) in [6, 6.07) is 0. The maximum absolute atomic E-state index is 5.82. The first kappa shape index (κ1) is 18.3. The number of ether oxygens (including phenoxy) is 1. The molecule has 0 aromatic rings. The molecule has 0 aromatic carbocycles. The monoisotopic (exact) mass is 343 g/mol. The standard InChI is InChI=1S/C11H25N3O.HI/c1-5-14(6-2)11(12)13-8-7-9-15-10(3)4;/h10H,5-9H2,1-4H3,(H2,12,13);1H. The lowest BCUT2D eigenvalue weighted by Crippen LogP contribution is -2.37. The molecule has 0 saturated carbocycles. The minimum atomic E-state index is 0. The summed E-state index contributed by atoms with van der Waals surface area (Å²) in [5, 5.41) is 0. The SMILES string of the molecule is CCN(CC)C(N)=NCCCOC(C)C.I. The molecule has 0 aliphatic carbocycles. The Balaban J connectivity index is 0. The Labute approximate surface area is 117 Å². The summed E-state index contributed by atoms with van der Waals surface area (Å²) in [6.07, 6.45) is 1.23. The molecule has 5 heteroatoms. The van der Waals surface area contributed by atoms with E-state index < -0.39 is 0 Å². The van der Waals surface area contributed by atoms with Gasteiger partial charge in [0.05, 0.1) is 6.10 Å². The molecule has 0 spiro atoms. The Bertz CT molecular complexity index is 182. The van der Waals surface area contributed by atoms with E-state index in [0.29, 0.717) is 12.1 Å². The summed E-state index contributed by atoms with van der Waals surface area (Å²) >= 11 is 0. The highest BCUT2D eigenvalue weighted by atomic mass is 127. The van der Waals surface area contributed by atoms with Crippen molar-refractivity contribution in [3.8, 4) is 0 Å². The van der Waals surface area contributed by atoms with Crippen molar-refractivity contribution in [2.45, 2.75) is 40.2 Å². The number of guanidine groups is 1. The molecule has 0 aromatic heterocycles. The van der Waals surface area contributed by atoms with E-state index in [-0.39, 0.29) is 24.0 Å². The first-order chi connectivity index (χ1) is 7.11. The number of nitrogens with two attached hydrogens (primary N) is 1. The molecule has 0 heterocycles. The fourth-order valence-electron chi connectivity index (χ4n) is 1.22. The minimum absolute atomic E-state index is 0. The highest BCUT2D eigenvalue weighted by Gasteiger charge is 2.00. The summed E-state index contributed by atoms with van der Waals surface area (Å²) < 4.78 is 5.41. The van der Waals surface area contributed by atoms with Gasteiger partial charge < -0.3 is 15.4 Å². The van der Waals surface area contributed by atoms with Crippen LogP contribution in [0.1, 0.15) is 34.1 Å². The summed E-state index contributed by atoms with van der Waals surface area (Å²) in [7, 11) is 0. The third-order valence-corrected chi connectivity index (χ3v) is 2.11. The van der Waals surface area contributed by atoms with Crippen molar-refractivity contribution in [1.82, 2.24) is 4.90 Å². The number of hydrogen-bond acceptors (Lipinski definition) is 2. The second-order valence-corrected chi connectivity index (χ2v) is 3.69. The van der Waals surface area contributed by atoms with Crippen molar-refractivity contribution < 1.29 is 4.74 Å². The zero-order valence-electron chi connectivity index (χ0n) is 10.9. The van der Waals surface area contributed by atoms with Gasteiger partial charge in [-0.15, -0.1) is 24.0 Å². The van der Waals surface area contributed by atoms with Crippen molar-refractivity contribution in [2.24, 2.45) is 10.7 Å². The predicted octanol–water partition coefficient (Wildman–Crippen LogP) is 2.08. The van der Waals surface area contributed by atoms with Gasteiger partial charge in [0.2, 0.25) is 0 Å². The number of hydrogen-bond donors (Lipinski definition) is 1. The van der Waals surface area contributed by atoms with Crippen LogP contribution in [0.15, 0.2) is 4.99 Å². The second kappa shape index (κ2) is 11.4. The van der Waals surface area contributed by atoms with E-state index in [4.69, 9.17) is 10.5 Å². The average Bonchev–Trinajstić information content (AvgIpc) is 2.18. The summed E-state index contributed by atoms with van der Waals surface area (Å²) in [4.78, 5) is 6.35. The van der Waals surface area contributed by atoms with E-state index >= 15 is 0 Å². The summed E-state index contributed by atoms with van der Waals surface area (Å²) in [5.74, 6) is 0.643. The fourth-order valence-corrected chi connectivity index (χ4v) is 1.22. The lowest BCUT2D eigenvalue weighted by molar-refractivity contribution is 0.0782. The molecule has 0 rings (SSSR count). The van der Waals surface area contributed by atoms with E-state index in [0.717, 1.165) is 32.7 Å². The second-order valence-electron chi connectivity index (χ2n) is 3.69. The molecule has 0 unspecified atom stereocenters. The smallest absolute Gasteiger partial charge is 0.191 e. The van der Waals surface area contributed by atoms with Crippen molar-refractivity contribution >= 4 is 29.9 Å². The topological polar surface area (TPSA) is 50.8 Å². The molecule has 0 amide bonds. The lowest BCUT2D eigenvalue weighted by Gasteiger charge is -2.19. The highest BCUT2D eigenvalue weighted by Crippen LogP contribution is 1.92. The summed E-state index contributed by atoms with van der Waals surface area (Å²) in [5.41, 5.74) is 5.82. The van der Waals surface area contributed by atoms with Crippen LogP contribution in [-0.4, -0.2) is 43.2 Å². The Kier molecular flexibility index (Phi) is 13.1. The molecule has 0 fully saturated rings. The highest BCUT2D eigenvalue weighted by molar-refractivity contribution is 14.0. The van der Waals surface area contributed by atoms with E-state index in [1.54, 1.807) is 0 Å². The third kappa shape index (κ3) is 9.21. The third-order valence-electron chi connectivity index (χ3n) is 2.11. The molecule has 16 heavy (non-hydrogen) atoms. The van der Waals surface area contributed by atoms with Crippen molar-refractivity contribution in [3.63, 3.8) is 0 Å². The van der Waals surface area contributed by atoms with Crippen molar-refractivity contribution in [2.75, 3.05) is 26.2 Å². The van der Waals surface area contributed by atoms with Crippen molar-refractivity contribution in [1.29, 1.82) is 0 Å². The average molecular weight is 343 g/mol. The molecule has 0 saturated heterocycles. The van der Waals surface area contributed by atoms with Crippen LogP contribution >= 0.6 is 24.0 Å². The van der Waals surface area contributed by atoms with E-state index in [2.05, 4.69) is 18.8 Å². The quantitative estimate of drug-likeness (QED) is 0.333. The van der Waals surface area contributed by atoms with Crippen LogP contribution in [-0.2, 0) is 4.74 Å². The molecule has 0 atom stereocenters. The fraction of sp³-hybridized carbons (Fsp3) is 0.909. The summed E-state index contributed by atoms with van der Waals surface area (Å²) in [6.45, 7) is 11.5. The van der Waals surface area contributed by atoms with Gasteiger partial charge in [-0.2, -0.15) is 0 Å². The van der Waals surface area contributed by atoms with E-state index in [1.165, 1.54) is 0 Å². The molecule has 2 N–H and O–H groups in total. The van der Waals surface area contributed by atoms with Crippen LogP contribution < -0.4 is 5.73 Å². The normalized spacial score (nSPS) is 11.4. The Hall–Kier alpha value is -0.0400. The molecule has 4 nitrogen and oxygen atoms in total. The largest absolute Gasteiger partial charge is 0.379 e. The molecular formula is C11H26IN3O. The van der Waals surface area contributed by atoms with Gasteiger partial charge in [0.25, 0.3) is 0 Å². The minimum Gasteiger partial charge on any atom is -0.379 e. The maximum atomic E-state index is 5.82. The van der Waals surface area contributed by atoms with Gasteiger partial charge in [-0.1, -0.05) is 0 Å². The van der Waals surface area contributed by atoms with Crippen LogP contribution in [0.3, 0.4) is 0 Å². The van der Waals surface area contributed by atoms with Crippen LogP contribution in [0.2, 0.25) is 0 Å². The predicted molar refractivity (Wildman–Crippen MR) is 80.5 cm³/mol. The molecule has 98 valence electrons. The van der Waals surface area contributed by atoms with E-state index in [9.17, 15) is 0 Å². The van der Waals surface area contributed by atoms with Crippen LogP contribution in [0.25, 0.3) is 0 Å². The van der Waals surface area contributed by atoms with Gasteiger partial charge in [0, 0.05) is 26.2 Å². The van der Waals surface area contributed by atoms with Gasteiger partial charge in [-0.3, -0.25) is 4.99 Å². The van der Waals surface area contributed by atoms with Gasteiger partial charge in [0.1, 0.15) is 0 Å². The zero-order chi connectivity index (χ0) is 11.7. The Morgan fingerprint density at radius 1 is 1.31 bits per heavy atom. The van der Waals surface area contributed by atoms with Crippen LogP contribution in [0.5, 0.6) is 0 Å². The number of nitrogens with zero attached hydrogens (tertiary/aromatic N) is 2. The lowest BCUT2D eigenvalue weighted by atomic mass is 10.4. The first-order valence-electron chi connectivity index (χ1n) is 5.78. The number of aliphatic imine (C=N–C) groups is 1. The molecule has 0 radical (unpaired) electrons. The van der Waals surface area contributed by atoms with Crippen molar-refractivity contribution in [3.05, 3.63) is 0 Å². The van der Waals surface area contributed by atoms with Gasteiger partial charge in [0.15, 0.2) is 5.96 Å². The zero-order valence-corrected chi connectivity index (χ0v) is 13.2. The molecular weight excluding hydrogens is 317 g/mol. The maximum Gasteiger partial charge on any atom is 0.191 e. The number of halogens is 1. The van der Waals surface area contributed by atoms with Crippen LogP contribution in [0, 0.1) is 0 Å². The van der Waals surface area contributed by atoms with Gasteiger partial charge >= 0.3 is 0 Å². The van der Waals surface area contributed by atoms with Crippen LogP contribution in [0.4, 0.5) is 0 Å². The molecule has 0 aliphatic heterocycles. The molecule has 0 aliphatic rings. The molecule has 0 bridgehead atoms.